The van der Waals surface area contributed by atoms with Crippen molar-refractivity contribution in [1.82, 2.24) is 10.2 Å². The number of ether oxygens (including phenoxy) is 2. The number of piperazine rings is 1. The summed E-state index contributed by atoms with van der Waals surface area (Å²) in [4.78, 5) is 17.2. The van der Waals surface area contributed by atoms with Gasteiger partial charge in [0.05, 0.1) is 24.9 Å². The van der Waals surface area contributed by atoms with Crippen LogP contribution in [0, 0.1) is 0 Å². The predicted molar refractivity (Wildman–Crippen MR) is 103 cm³/mol. The number of carbonyl (C=O) groups excluding carboxylic acids is 1. The van der Waals surface area contributed by atoms with E-state index < -0.39 is 0 Å². The van der Waals surface area contributed by atoms with Crippen LogP contribution in [0.3, 0.4) is 0 Å². The van der Waals surface area contributed by atoms with Crippen LogP contribution in [-0.4, -0.2) is 63.0 Å². The fraction of sp³-hybridized carbons (Fsp3) is 0.650. The monoisotopic (exact) mass is 361 g/mol. The molecule has 2 fully saturated rings. The van der Waals surface area contributed by atoms with E-state index in [1.807, 2.05) is 23.1 Å². The molecular formula is C20H31N3O3. The van der Waals surface area contributed by atoms with Crippen molar-refractivity contribution in [3.8, 4) is 5.75 Å². The minimum atomic E-state index is -0.189. The minimum Gasteiger partial charge on any atom is -0.495 e. The number of rotatable bonds is 5. The molecule has 26 heavy (non-hydrogen) atoms. The number of amides is 2. The number of anilines is 1. The topological polar surface area (TPSA) is 54.0 Å². The van der Waals surface area contributed by atoms with Gasteiger partial charge in [-0.3, -0.25) is 0 Å². The molecule has 1 saturated carbocycles. The van der Waals surface area contributed by atoms with Gasteiger partial charge in [-0.1, -0.05) is 25.0 Å². The molecule has 2 amide bonds. The molecule has 1 aromatic rings. The Hall–Kier alpha value is -1.95. The van der Waals surface area contributed by atoms with Gasteiger partial charge < -0.3 is 24.6 Å². The van der Waals surface area contributed by atoms with E-state index in [0.29, 0.717) is 13.2 Å². The highest BCUT2D eigenvalue weighted by Gasteiger charge is 2.38. The molecule has 6 nitrogen and oxygen atoms in total. The summed E-state index contributed by atoms with van der Waals surface area (Å²) in [7, 11) is 3.41. The Kier molecular flexibility index (Phi) is 5.91. The van der Waals surface area contributed by atoms with E-state index in [1.54, 1.807) is 14.2 Å². The largest absolute Gasteiger partial charge is 0.495 e. The smallest absolute Gasteiger partial charge is 0.318 e. The molecule has 0 radical (unpaired) electrons. The van der Waals surface area contributed by atoms with Gasteiger partial charge >= 0.3 is 6.03 Å². The molecule has 3 rings (SSSR count). The van der Waals surface area contributed by atoms with E-state index in [1.165, 1.54) is 0 Å². The quantitative estimate of drug-likeness (QED) is 0.876. The summed E-state index contributed by atoms with van der Waals surface area (Å²) in [5.74, 6) is 0.877. The maximum atomic E-state index is 12.9. The van der Waals surface area contributed by atoms with Crippen molar-refractivity contribution in [2.24, 2.45) is 0 Å². The standard InChI is InChI=1S/C20H31N3O3/c1-16-14-22(17-8-4-5-9-18(17)26-3)12-13-23(16)19(24)21-20(15-25-2)10-6-7-11-20/h4-5,8-9,16H,6-7,10-15H2,1-3H3,(H,21,24)/t16-/m1/s1. The average molecular weight is 361 g/mol. The highest BCUT2D eigenvalue weighted by molar-refractivity contribution is 5.76. The zero-order valence-corrected chi connectivity index (χ0v) is 16.2. The van der Waals surface area contributed by atoms with E-state index in [-0.39, 0.29) is 17.6 Å². The van der Waals surface area contributed by atoms with Crippen LogP contribution in [0.5, 0.6) is 5.75 Å². The fourth-order valence-electron chi connectivity index (χ4n) is 4.30. The third-order valence-electron chi connectivity index (χ3n) is 5.67. The van der Waals surface area contributed by atoms with Crippen LogP contribution in [0.1, 0.15) is 32.6 Å². The van der Waals surface area contributed by atoms with Crippen molar-refractivity contribution in [3.05, 3.63) is 24.3 Å². The van der Waals surface area contributed by atoms with Crippen LogP contribution in [0.15, 0.2) is 24.3 Å². The number of para-hydroxylation sites is 2. The number of methoxy groups -OCH3 is 2. The Bertz CT molecular complexity index is 616. The van der Waals surface area contributed by atoms with Gasteiger partial charge in [-0.15, -0.1) is 0 Å². The first-order valence-corrected chi connectivity index (χ1v) is 9.54. The zero-order chi connectivity index (χ0) is 18.6. The molecule has 0 aromatic heterocycles. The predicted octanol–water partition coefficient (Wildman–Crippen LogP) is 2.87. The summed E-state index contributed by atoms with van der Waals surface area (Å²) >= 11 is 0. The molecule has 6 heteroatoms. The highest BCUT2D eigenvalue weighted by Crippen LogP contribution is 2.31. The Morgan fingerprint density at radius 2 is 1.96 bits per heavy atom. The van der Waals surface area contributed by atoms with Crippen LogP contribution in [0.25, 0.3) is 0 Å². The van der Waals surface area contributed by atoms with Crippen LogP contribution >= 0.6 is 0 Å². The van der Waals surface area contributed by atoms with Crippen LogP contribution in [0.2, 0.25) is 0 Å². The minimum absolute atomic E-state index is 0.0381. The summed E-state index contributed by atoms with van der Waals surface area (Å²) in [6, 6.07) is 8.23. The molecule has 0 bridgehead atoms. The second kappa shape index (κ2) is 8.16. The van der Waals surface area contributed by atoms with E-state index in [2.05, 4.69) is 23.2 Å². The number of nitrogens with one attached hydrogen (secondary N) is 1. The number of carbonyl (C=O) groups is 1. The van der Waals surface area contributed by atoms with Gasteiger partial charge in [0, 0.05) is 32.8 Å². The lowest BCUT2D eigenvalue weighted by molar-refractivity contribution is 0.103. The Labute approximate surface area is 156 Å². The highest BCUT2D eigenvalue weighted by atomic mass is 16.5. The maximum absolute atomic E-state index is 12.9. The van der Waals surface area contributed by atoms with Crippen LogP contribution < -0.4 is 15.0 Å². The molecule has 144 valence electrons. The average Bonchev–Trinajstić information content (AvgIpc) is 3.09. The maximum Gasteiger partial charge on any atom is 0.318 e. The van der Waals surface area contributed by atoms with E-state index in [0.717, 1.165) is 50.2 Å². The number of urea groups is 1. The Morgan fingerprint density at radius 3 is 2.62 bits per heavy atom. The van der Waals surface area contributed by atoms with Gasteiger partial charge in [0.25, 0.3) is 0 Å². The third-order valence-corrected chi connectivity index (χ3v) is 5.67. The molecule has 0 unspecified atom stereocenters. The number of benzene rings is 1. The molecule has 1 aliphatic carbocycles. The van der Waals surface area contributed by atoms with Gasteiger partial charge in [-0.05, 0) is 31.9 Å². The van der Waals surface area contributed by atoms with E-state index in [4.69, 9.17) is 9.47 Å². The summed E-state index contributed by atoms with van der Waals surface area (Å²) < 4.78 is 10.9. The van der Waals surface area contributed by atoms with Gasteiger partial charge in [-0.2, -0.15) is 0 Å². The van der Waals surface area contributed by atoms with Gasteiger partial charge in [-0.25, -0.2) is 4.79 Å². The molecular weight excluding hydrogens is 330 g/mol. The van der Waals surface area contributed by atoms with Gasteiger partial charge in [0.15, 0.2) is 0 Å². The van der Waals surface area contributed by atoms with E-state index >= 15 is 0 Å². The second-order valence-electron chi connectivity index (χ2n) is 7.51. The number of nitrogens with zero attached hydrogens (tertiary/aromatic N) is 2. The van der Waals surface area contributed by atoms with E-state index in [9.17, 15) is 4.79 Å². The summed E-state index contributed by atoms with van der Waals surface area (Å²) in [6.45, 7) is 5.00. The summed E-state index contributed by atoms with van der Waals surface area (Å²) in [5.41, 5.74) is 0.902. The van der Waals surface area contributed by atoms with Crippen LogP contribution in [0.4, 0.5) is 10.5 Å². The normalized spacial score (nSPS) is 22.3. The summed E-state index contributed by atoms with van der Waals surface area (Å²) in [5, 5.41) is 3.29. The fourth-order valence-corrected chi connectivity index (χ4v) is 4.30. The molecule has 1 saturated heterocycles. The van der Waals surface area contributed by atoms with Crippen molar-refractivity contribution in [2.45, 2.75) is 44.2 Å². The van der Waals surface area contributed by atoms with Crippen LogP contribution in [-0.2, 0) is 4.74 Å². The van der Waals surface area contributed by atoms with Crippen molar-refractivity contribution >= 4 is 11.7 Å². The van der Waals surface area contributed by atoms with Crippen molar-refractivity contribution in [3.63, 3.8) is 0 Å². The molecule has 1 aliphatic heterocycles. The SMILES string of the molecule is COCC1(NC(=O)N2CCN(c3ccccc3OC)C[C@H]2C)CCCC1. The Balaban J connectivity index is 1.64. The van der Waals surface area contributed by atoms with Crippen molar-refractivity contribution < 1.29 is 14.3 Å². The number of hydrogen-bond acceptors (Lipinski definition) is 4. The first-order valence-electron chi connectivity index (χ1n) is 9.54. The van der Waals surface area contributed by atoms with Gasteiger partial charge in [0.1, 0.15) is 5.75 Å². The molecule has 0 spiro atoms. The number of hydrogen-bond donors (Lipinski definition) is 1. The molecule has 1 N–H and O–H groups in total. The molecule has 1 heterocycles. The first-order chi connectivity index (χ1) is 12.6. The molecule has 1 atom stereocenters. The first kappa shape index (κ1) is 18.8. The lowest BCUT2D eigenvalue weighted by Gasteiger charge is -2.42. The lowest BCUT2D eigenvalue weighted by atomic mass is 9.99. The third kappa shape index (κ3) is 3.90. The lowest BCUT2D eigenvalue weighted by Crippen LogP contribution is -2.61. The second-order valence-corrected chi connectivity index (χ2v) is 7.51. The molecule has 1 aromatic carbocycles. The molecule has 2 aliphatic rings. The van der Waals surface area contributed by atoms with Crippen molar-refractivity contribution in [1.29, 1.82) is 0 Å². The summed E-state index contributed by atoms with van der Waals surface area (Å²) in [6.07, 6.45) is 4.31. The zero-order valence-electron chi connectivity index (χ0n) is 16.2. The van der Waals surface area contributed by atoms with Crippen molar-refractivity contribution in [2.75, 3.05) is 45.4 Å². The Morgan fingerprint density at radius 1 is 1.23 bits per heavy atom. The van der Waals surface area contributed by atoms with Gasteiger partial charge in [0.2, 0.25) is 0 Å².